The first kappa shape index (κ1) is 59.5. The fraction of sp³-hybridized carbons (Fsp3) is 0.980. The van der Waals surface area contributed by atoms with Gasteiger partial charge >= 0.3 is 7.82 Å². The molecule has 0 aliphatic carbocycles. The van der Waals surface area contributed by atoms with Crippen LogP contribution in [-0.2, 0) is 18.4 Å². The number of rotatable bonds is 49. The summed E-state index contributed by atoms with van der Waals surface area (Å²) in [6.45, 7) is 4.92. The number of aliphatic hydroxyl groups excluding tert-OH is 1. The van der Waals surface area contributed by atoms with Crippen molar-refractivity contribution < 1.29 is 32.9 Å². The summed E-state index contributed by atoms with van der Waals surface area (Å²) in [5, 5.41) is 14.0. The van der Waals surface area contributed by atoms with E-state index in [-0.39, 0.29) is 19.1 Å². The van der Waals surface area contributed by atoms with E-state index in [9.17, 15) is 19.4 Å². The number of likely N-dealkylation sites (N-methyl/N-ethyl adjacent to an activating group) is 1. The zero-order valence-corrected chi connectivity index (χ0v) is 41.9. The van der Waals surface area contributed by atoms with Crippen LogP contribution in [0, 0.1) is 0 Å². The molecule has 0 spiro atoms. The molecule has 0 saturated carbocycles. The molecule has 0 saturated heterocycles. The lowest BCUT2D eigenvalue weighted by Gasteiger charge is -2.26. The average molecular weight is 874 g/mol. The number of nitrogens with one attached hydrogen (secondary N) is 1. The highest BCUT2D eigenvalue weighted by atomic mass is 31.2. The van der Waals surface area contributed by atoms with E-state index in [0.29, 0.717) is 23.9 Å². The maximum Gasteiger partial charge on any atom is 0.472 e. The van der Waals surface area contributed by atoms with Gasteiger partial charge < -0.3 is 19.8 Å². The van der Waals surface area contributed by atoms with Crippen molar-refractivity contribution in [2.75, 3.05) is 40.9 Å². The number of nitrogens with zero attached hydrogens (tertiary/aromatic N) is 1. The number of phosphoric ester groups is 1. The molecule has 1 amide bonds. The van der Waals surface area contributed by atoms with Crippen LogP contribution in [0.2, 0.25) is 0 Å². The molecule has 60 heavy (non-hydrogen) atoms. The van der Waals surface area contributed by atoms with Crippen molar-refractivity contribution in [3.8, 4) is 0 Å². The van der Waals surface area contributed by atoms with E-state index in [2.05, 4.69) is 19.2 Å². The van der Waals surface area contributed by atoms with Crippen molar-refractivity contribution in [3.05, 3.63) is 0 Å². The number of carbonyl (C=O) groups is 1. The third kappa shape index (κ3) is 45.5. The summed E-state index contributed by atoms with van der Waals surface area (Å²) in [4.78, 5) is 23.2. The molecule has 1 unspecified atom stereocenters. The minimum Gasteiger partial charge on any atom is -0.391 e. The van der Waals surface area contributed by atoms with E-state index in [1.165, 1.54) is 205 Å². The van der Waals surface area contributed by atoms with Crippen LogP contribution >= 0.6 is 7.82 Å². The maximum atomic E-state index is 12.9. The first-order valence-electron chi connectivity index (χ1n) is 26.4. The first-order chi connectivity index (χ1) is 29.0. The summed E-state index contributed by atoms with van der Waals surface area (Å²) in [5.41, 5.74) is 0. The number of phosphoric acid groups is 1. The molecule has 0 rings (SSSR count). The Balaban J connectivity index is 4.09. The predicted molar refractivity (Wildman–Crippen MR) is 259 cm³/mol. The van der Waals surface area contributed by atoms with Gasteiger partial charge in [-0.25, -0.2) is 4.57 Å². The first-order valence-corrected chi connectivity index (χ1v) is 27.9. The molecule has 0 radical (unpaired) electrons. The lowest BCUT2D eigenvalue weighted by atomic mass is 10.0. The Hall–Kier alpha value is -0.500. The lowest BCUT2D eigenvalue weighted by molar-refractivity contribution is -0.870. The molecule has 0 heterocycles. The van der Waals surface area contributed by atoms with Crippen LogP contribution in [0.3, 0.4) is 0 Å². The second-order valence-corrected chi connectivity index (χ2v) is 21.1. The standard InChI is InChI=1S/C51H105N2O6P/c1-6-8-10-12-14-16-18-20-21-22-23-24-25-26-27-28-29-30-31-33-35-37-39-41-43-45-51(55)52-49(48-59-60(56,57)58-47-46-53(3,4)5)50(54)44-42-40-38-36-34-32-19-17-15-13-11-9-7-2/h49-50,54H,6-48H2,1-5H3,(H-,52,55,56,57)/p+1/t49-,50+/m0/s1. The molecule has 3 N–H and O–H groups in total. The van der Waals surface area contributed by atoms with Gasteiger partial charge in [-0.3, -0.25) is 13.8 Å². The van der Waals surface area contributed by atoms with E-state index in [1.54, 1.807) is 0 Å². The summed E-state index contributed by atoms with van der Waals surface area (Å²) in [7, 11) is 1.63. The summed E-state index contributed by atoms with van der Waals surface area (Å²) in [6.07, 6.45) is 50.0. The molecule has 9 heteroatoms. The minimum atomic E-state index is -4.31. The third-order valence-corrected chi connectivity index (χ3v) is 13.3. The topological polar surface area (TPSA) is 105 Å². The quantitative estimate of drug-likeness (QED) is 0.0319. The SMILES string of the molecule is CCCCCCCCCCCCCCCCCCCCCCCCCCCC(=O)N[C@@H](COP(=O)(O)OCC[N+](C)(C)C)[C@H](O)CCCCCCCCCCCCCCC. The number of carbonyl (C=O) groups excluding carboxylic acids is 1. The van der Waals surface area contributed by atoms with Crippen molar-refractivity contribution in [3.63, 3.8) is 0 Å². The molecule has 360 valence electrons. The number of amides is 1. The second-order valence-electron chi connectivity index (χ2n) is 19.6. The van der Waals surface area contributed by atoms with E-state index >= 15 is 0 Å². The van der Waals surface area contributed by atoms with Gasteiger partial charge in [-0.2, -0.15) is 0 Å². The summed E-state index contributed by atoms with van der Waals surface area (Å²) >= 11 is 0. The fourth-order valence-corrected chi connectivity index (χ4v) is 8.90. The van der Waals surface area contributed by atoms with Crippen LogP contribution in [0.5, 0.6) is 0 Å². The summed E-state index contributed by atoms with van der Waals surface area (Å²) in [6, 6.07) is -0.753. The molecule has 0 fully saturated rings. The molecule has 0 aliphatic heterocycles. The molecule has 0 aromatic rings. The number of unbranched alkanes of at least 4 members (excludes halogenated alkanes) is 36. The molecule has 0 aromatic heterocycles. The maximum absolute atomic E-state index is 12.9. The zero-order chi connectivity index (χ0) is 44.3. The number of aliphatic hydroxyl groups is 1. The van der Waals surface area contributed by atoms with Gasteiger partial charge in [0, 0.05) is 6.42 Å². The Bertz CT molecular complexity index is 947. The Labute approximate surface area is 374 Å². The van der Waals surface area contributed by atoms with Crippen LogP contribution < -0.4 is 5.32 Å². The van der Waals surface area contributed by atoms with Gasteiger partial charge in [-0.05, 0) is 12.8 Å². The van der Waals surface area contributed by atoms with Crippen LogP contribution in [0.4, 0.5) is 0 Å². The van der Waals surface area contributed by atoms with Gasteiger partial charge in [-0.15, -0.1) is 0 Å². The minimum absolute atomic E-state index is 0.0788. The molecule has 3 atom stereocenters. The van der Waals surface area contributed by atoms with Crippen molar-refractivity contribution in [2.45, 2.75) is 283 Å². The number of hydrogen-bond acceptors (Lipinski definition) is 5. The van der Waals surface area contributed by atoms with E-state index < -0.39 is 20.0 Å². The molecular formula is C51H106N2O6P+. The highest BCUT2D eigenvalue weighted by Crippen LogP contribution is 2.43. The smallest absolute Gasteiger partial charge is 0.391 e. The van der Waals surface area contributed by atoms with Crippen molar-refractivity contribution in [2.24, 2.45) is 0 Å². The molecule has 0 aromatic carbocycles. The predicted octanol–water partition coefficient (Wildman–Crippen LogP) is 15.3. The van der Waals surface area contributed by atoms with Crippen molar-refractivity contribution in [1.29, 1.82) is 0 Å². The van der Waals surface area contributed by atoms with Crippen LogP contribution in [0.25, 0.3) is 0 Å². The van der Waals surface area contributed by atoms with Crippen molar-refractivity contribution >= 4 is 13.7 Å². The Morgan fingerprint density at radius 2 is 0.800 bits per heavy atom. The van der Waals surface area contributed by atoms with E-state index in [1.807, 2.05) is 21.1 Å². The summed E-state index contributed by atoms with van der Waals surface area (Å²) in [5.74, 6) is -0.138. The average Bonchev–Trinajstić information content (AvgIpc) is 3.20. The third-order valence-electron chi connectivity index (χ3n) is 12.4. The number of hydrogen-bond donors (Lipinski definition) is 3. The highest BCUT2D eigenvalue weighted by molar-refractivity contribution is 7.47. The fourth-order valence-electron chi connectivity index (χ4n) is 8.17. The van der Waals surface area contributed by atoms with E-state index in [4.69, 9.17) is 9.05 Å². The monoisotopic (exact) mass is 874 g/mol. The Morgan fingerprint density at radius 1 is 0.500 bits per heavy atom. The van der Waals surface area contributed by atoms with Gasteiger partial charge in [-0.1, -0.05) is 251 Å². The van der Waals surface area contributed by atoms with E-state index in [0.717, 1.165) is 38.5 Å². The van der Waals surface area contributed by atoms with Gasteiger partial charge in [0.05, 0.1) is 39.9 Å². The van der Waals surface area contributed by atoms with Crippen LogP contribution in [-0.4, -0.2) is 73.4 Å². The molecular weight excluding hydrogens is 768 g/mol. The van der Waals surface area contributed by atoms with Gasteiger partial charge in [0.25, 0.3) is 0 Å². The Kier molecular flexibility index (Phi) is 43.4. The Morgan fingerprint density at radius 3 is 1.12 bits per heavy atom. The van der Waals surface area contributed by atoms with Gasteiger partial charge in [0.2, 0.25) is 5.91 Å². The largest absolute Gasteiger partial charge is 0.472 e. The summed E-state index contributed by atoms with van der Waals surface area (Å²) < 4.78 is 23.7. The second kappa shape index (κ2) is 43.7. The van der Waals surface area contributed by atoms with Crippen LogP contribution in [0.15, 0.2) is 0 Å². The normalized spacial score (nSPS) is 14.1. The van der Waals surface area contributed by atoms with Gasteiger partial charge in [0.15, 0.2) is 0 Å². The molecule has 0 aliphatic rings. The molecule has 0 bridgehead atoms. The van der Waals surface area contributed by atoms with Crippen molar-refractivity contribution in [1.82, 2.24) is 5.32 Å². The van der Waals surface area contributed by atoms with Gasteiger partial charge in [0.1, 0.15) is 13.2 Å². The lowest BCUT2D eigenvalue weighted by Crippen LogP contribution is -2.46. The highest BCUT2D eigenvalue weighted by Gasteiger charge is 2.28. The molecule has 8 nitrogen and oxygen atoms in total. The zero-order valence-electron chi connectivity index (χ0n) is 41.0. The number of quaternary nitrogens is 1. The van der Waals surface area contributed by atoms with Crippen LogP contribution in [0.1, 0.15) is 271 Å².